The second-order valence-electron chi connectivity index (χ2n) is 7.72. The molecule has 4 N–H and O–H groups in total. The van der Waals surface area contributed by atoms with Crippen LogP contribution in [0.4, 0.5) is 0 Å². The molecule has 2 aliphatic rings. The number of imidazole rings is 1. The van der Waals surface area contributed by atoms with Crippen molar-refractivity contribution in [3.05, 3.63) is 30.9 Å². The van der Waals surface area contributed by atoms with Gasteiger partial charge in [-0.25, -0.2) is 4.98 Å². The Hall–Kier alpha value is -3.17. The summed E-state index contributed by atoms with van der Waals surface area (Å²) in [5.41, 5.74) is 6.08. The Morgan fingerprint density at radius 2 is 2.17 bits per heavy atom. The van der Waals surface area contributed by atoms with E-state index in [1.807, 2.05) is 4.57 Å². The van der Waals surface area contributed by atoms with E-state index in [1.54, 1.807) is 18.6 Å². The zero-order valence-corrected chi connectivity index (χ0v) is 16.9. The summed E-state index contributed by atoms with van der Waals surface area (Å²) in [5.74, 6) is -1.52. The van der Waals surface area contributed by atoms with Gasteiger partial charge in [0, 0.05) is 32.1 Å². The van der Waals surface area contributed by atoms with E-state index in [4.69, 9.17) is 5.73 Å². The van der Waals surface area contributed by atoms with E-state index in [0.29, 0.717) is 50.9 Å². The van der Waals surface area contributed by atoms with Gasteiger partial charge in [-0.05, 0) is 25.7 Å². The van der Waals surface area contributed by atoms with Gasteiger partial charge in [-0.3, -0.25) is 19.2 Å². The SMILES string of the molecule is C=CCn1cnc(C[C@H](NC(=O)[C@@H]2CCCC(=O)N2)C(=O)N2CCC[C@H]2C(N)=O)c1. The second-order valence-corrected chi connectivity index (χ2v) is 7.72. The Kier molecular flexibility index (Phi) is 6.86. The minimum Gasteiger partial charge on any atom is -0.368 e. The molecule has 0 saturated carbocycles. The van der Waals surface area contributed by atoms with Crippen LogP contribution < -0.4 is 16.4 Å². The van der Waals surface area contributed by atoms with Crippen molar-refractivity contribution in [1.29, 1.82) is 0 Å². The van der Waals surface area contributed by atoms with Crippen LogP contribution in [-0.2, 0) is 32.1 Å². The van der Waals surface area contributed by atoms with Crippen molar-refractivity contribution in [2.24, 2.45) is 5.73 Å². The summed E-state index contributed by atoms with van der Waals surface area (Å²) < 4.78 is 1.81. The number of nitrogens with one attached hydrogen (secondary N) is 2. The van der Waals surface area contributed by atoms with Gasteiger partial charge in [0.2, 0.25) is 23.6 Å². The van der Waals surface area contributed by atoms with Gasteiger partial charge in [0.25, 0.3) is 0 Å². The molecule has 0 aromatic carbocycles. The van der Waals surface area contributed by atoms with Crippen LogP contribution in [0.15, 0.2) is 25.2 Å². The van der Waals surface area contributed by atoms with E-state index in [2.05, 4.69) is 22.2 Å². The minimum absolute atomic E-state index is 0.164. The van der Waals surface area contributed by atoms with E-state index >= 15 is 0 Å². The number of hydrogen-bond donors (Lipinski definition) is 3. The van der Waals surface area contributed by atoms with Crippen molar-refractivity contribution in [3.63, 3.8) is 0 Å². The predicted octanol–water partition coefficient (Wildman–Crippen LogP) is -0.759. The number of amides is 4. The molecular formula is C20H28N6O4. The number of piperidine rings is 1. The minimum atomic E-state index is -0.914. The average molecular weight is 416 g/mol. The van der Waals surface area contributed by atoms with Crippen molar-refractivity contribution in [3.8, 4) is 0 Å². The molecule has 1 aromatic heterocycles. The Morgan fingerprint density at radius 3 is 2.87 bits per heavy atom. The van der Waals surface area contributed by atoms with Gasteiger partial charge in [0.05, 0.1) is 12.0 Å². The normalized spacial score (nSPS) is 22.3. The fourth-order valence-electron chi connectivity index (χ4n) is 3.97. The number of nitrogens with zero attached hydrogens (tertiary/aromatic N) is 3. The average Bonchev–Trinajstić information content (AvgIpc) is 3.37. The molecule has 0 radical (unpaired) electrons. The van der Waals surface area contributed by atoms with E-state index in [9.17, 15) is 19.2 Å². The van der Waals surface area contributed by atoms with Gasteiger partial charge in [-0.15, -0.1) is 6.58 Å². The molecule has 10 heteroatoms. The third kappa shape index (κ3) is 5.05. The predicted molar refractivity (Wildman–Crippen MR) is 108 cm³/mol. The molecule has 3 atom stereocenters. The molecule has 0 unspecified atom stereocenters. The Morgan fingerprint density at radius 1 is 1.37 bits per heavy atom. The van der Waals surface area contributed by atoms with Crippen LogP contribution >= 0.6 is 0 Å². The first-order valence-electron chi connectivity index (χ1n) is 10.2. The molecule has 2 saturated heterocycles. The lowest BCUT2D eigenvalue weighted by atomic mass is 10.0. The standard InChI is InChI=1S/C20H28N6O4/c1-2-8-25-11-13(22-12-25)10-15(20(30)26-9-4-6-16(26)18(21)28)24-19(29)14-5-3-7-17(27)23-14/h2,11-12,14-16H,1,3-10H2,(H2,21,28)(H,23,27)(H,24,29)/t14-,15-,16-/m0/s1. The summed E-state index contributed by atoms with van der Waals surface area (Å²) in [6.45, 7) is 4.66. The fraction of sp³-hybridized carbons (Fsp3) is 0.550. The van der Waals surface area contributed by atoms with Crippen molar-refractivity contribution >= 4 is 23.6 Å². The molecule has 0 bridgehead atoms. The lowest BCUT2D eigenvalue weighted by Gasteiger charge is -2.29. The number of carbonyl (C=O) groups excluding carboxylic acids is 4. The maximum atomic E-state index is 13.2. The summed E-state index contributed by atoms with van der Waals surface area (Å²) in [6.07, 6.45) is 8.00. The van der Waals surface area contributed by atoms with Crippen LogP contribution in [0.5, 0.6) is 0 Å². The van der Waals surface area contributed by atoms with E-state index < -0.39 is 29.9 Å². The van der Waals surface area contributed by atoms with Crippen LogP contribution in [0.2, 0.25) is 0 Å². The lowest BCUT2D eigenvalue weighted by molar-refractivity contribution is -0.141. The smallest absolute Gasteiger partial charge is 0.246 e. The molecule has 2 aliphatic heterocycles. The largest absolute Gasteiger partial charge is 0.368 e. The van der Waals surface area contributed by atoms with Gasteiger partial charge in [0.15, 0.2) is 0 Å². The molecule has 30 heavy (non-hydrogen) atoms. The topological polar surface area (TPSA) is 139 Å². The first kappa shape index (κ1) is 21.5. The monoisotopic (exact) mass is 416 g/mol. The van der Waals surface area contributed by atoms with Crippen molar-refractivity contribution in [2.75, 3.05) is 6.54 Å². The maximum absolute atomic E-state index is 13.2. The highest BCUT2D eigenvalue weighted by Crippen LogP contribution is 2.19. The summed E-state index contributed by atoms with van der Waals surface area (Å²) >= 11 is 0. The molecule has 1 aromatic rings. The van der Waals surface area contributed by atoms with Gasteiger partial charge >= 0.3 is 0 Å². The fourth-order valence-corrected chi connectivity index (χ4v) is 3.97. The first-order chi connectivity index (χ1) is 14.4. The number of allylic oxidation sites excluding steroid dienone is 1. The summed E-state index contributed by atoms with van der Waals surface area (Å²) in [5, 5.41) is 5.43. The third-order valence-corrected chi connectivity index (χ3v) is 5.47. The Balaban J connectivity index is 1.77. The zero-order valence-electron chi connectivity index (χ0n) is 16.9. The maximum Gasteiger partial charge on any atom is 0.246 e. The molecule has 3 heterocycles. The third-order valence-electron chi connectivity index (χ3n) is 5.47. The number of rotatable bonds is 8. The number of aromatic nitrogens is 2. The highest BCUT2D eigenvalue weighted by Gasteiger charge is 2.38. The molecule has 0 spiro atoms. The van der Waals surface area contributed by atoms with Gasteiger partial charge < -0.3 is 25.8 Å². The van der Waals surface area contributed by atoms with Gasteiger partial charge in [-0.1, -0.05) is 6.08 Å². The first-order valence-corrected chi connectivity index (χ1v) is 10.2. The van der Waals surface area contributed by atoms with Gasteiger partial charge in [0.1, 0.15) is 18.1 Å². The summed E-state index contributed by atoms with van der Waals surface area (Å²) in [4.78, 5) is 55.1. The lowest BCUT2D eigenvalue weighted by Crippen LogP contribution is -2.57. The molecule has 3 rings (SSSR count). The second kappa shape index (κ2) is 9.55. The van der Waals surface area contributed by atoms with Crippen molar-refractivity contribution < 1.29 is 19.2 Å². The van der Waals surface area contributed by atoms with Crippen LogP contribution in [0.1, 0.15) is 37.8 Å². The molecule has 10 nitrogen and oxygen atoms in total. The van der Waals surface area contributed by atoms with Crippen LogP contribution in [0.25, 0.3) is 0 Å². The number of hydrogen-bond acceptors (Lipinski definition) is 5. The molecule has 162 valence electrons. The van der Waals surface area contributed by atoms with E-state index in [1.165, 1.54) is 4.90 Å². The van der Waals surface area contributed by atoms with Crippen molar-refractivity contribution in [2.45, 2.75) is 63.2 Å². The highest BCUT2D eigenvalue weighted by molar-refractivity contribution is 5.94. The quantitative estimate of drug-likeness (QED) is 0.478. The van der Waals surface area contributed by atoms with E-state index in [0.717, 1.165) is 0 Å². The van der Waals surface area contributed by atoms with Crippen molar-refractivity contribution in [1.82, 2.24) is 25.1 Å². The molecular weight excluding hydrogens is 388 g/mol. The van der Waals surface area contributed by atoms with Crippen LogP contribution in [-0.4, -0.2) is 62.7 Å². The number of nitrogens with two attached hydrogens (primary N) is 1. The van der Waals surface area contributed by atoms with Crippen LogP contribution in [0.3, 0.4) is 0 Å². The highest BCUT2D eigenvalue weighted by atomic mass is 16.2. The Bertz CT molecular complexity index is 835. The molecule has 4 amide bonds. The van der Waals surface area contributed by atoms with E-state index in [-0.39, 0.29) is 18.2 Å². The summed E-state index contributed by atoms with van der Waals surface area (Å²) in [7, 11) is 0. The zero-order chi connectivity index (χ0) is 21.7. The molecule has 2 fully saturated rings. The number of primary amides is 1. The Labute approximate surface area is 174 Å². The number of likely N-dealkylation sites (tertiary alicyclic amines) is 1. The van der Waals surface area contributed by atoms with Gasteiger partial charge in [-0.2, -0.15) is 0 Å². The molecule has 0 aliphatic carbocycles. The number of carbonyl (C=O) groups is 4. The summed E-state index contributed by atoms with van der Waals surface area (Å²) in [6, 6.07) is -2.27. The van der Waals surface area contributed by atoms with Crippen LogP contribution in [0, 0.1) is 0 Å².